The number of carbonyl (C=O) groups excluding carboxylic acids is 1. The summed E-state index contributed by atoms with van der Waals surface area (Å²) in [5.41, 5.74) is 3.20. The summed E-state index contributed by atoms with van der Waals surface area (Å²) in [6.45, 7) is 8.03. The minimum absolute atomic E-state index is 0.0485. The van der Waals surface area contributed by atoms with Crippen LogP contribution in [0.15, 0.2) is 30.6 Å². The van der Waals surface area contributed by atoms with Crippen molar-refractivity contribution >= 4 is 17.5 Å². The van der Waals surface area contributed by atoms with E-state index < -0.39 is 0 Å². The van der Waals surface area contributed by atoms with Gasteiger partial charge in [0, 0.05) is 51.3 Å². The predicted octanol–water partition coefficient (Wildman–Crippen LogP) is 1.80. The Balaban J connectivity index is 1.50. The van der Waals surface area contributed by atoms with Gasteiger partial charge in [-0.2, -0.15) is 0 Å². The number of anilines is 2. The van der Waals surface area contributed by atoms with Crippen molar-refractivity contribution in [1.82, 2.24) is 14.5 Å². The first-order valence-corrected chi connectivity index (χ1v) is 8.34. The summed E-state index contributed by atoms with van der Waals surface area (Å²) in [5, 5.41) is 3.02. The summed E-state index contributed by atoms with van der Waals surface area (Å²) >= 11 is 0. The molecule has 0 saturated carbocycles. The number of aryl methyl sites for hydroxylation is 3. The number of aromatic nitrogens is 2. The van der Waals surface area contributed by atoms with Crippen LogP contribution in [-0.4, -0.2) is 53.1 Å². The zero-order chi connectivity index (χ0) is 17.1. The lowest BCUT2D eigenvalue weighted by Crippen LogP contribution is -2.49. The van der Waals surface area contributed by atoms with Crippen LogP contribution in [0.3, 0.4) is 0 Å². The van der Waals surface area contributed by atoms with Gasteiger partial charge in [0.15, 0.2) is 0 Å². The second kappa shape index (κ2) is 7.05. The van der Waals surface area contributed by atoms with Crippen molar-refractivity contribution in [2.45, 2.75) is 13.8 Å². The fourth-order valence-corrected chi connectivity index (χ4v) is 3.12. The molecule has 6 nitrogen and oxygen atoms in total. The molecular formula is C18H25N5O. The lowest BCUT2D eigenvalue weighted by atomic mass is 10.1. The van der Waals surface area contributed by atoms with Crippen LogP contribution in [0.1, 0.15) is 11.1 Å². The summed E-state index contributed by atoms with van der Waals surface area (Å²) in [4.78, 5) is 21.1. The molecule has 1 aromatic carbocycles. The van der Waals surface area contributed by atoms with E-state index in [1.165, 1.54) is 5.56 Å². The molecule has 2 heterocycles. The Morgan fingerprint density at radius 1 is 1.21 bits per heavy atom. The highest BCUT2D eigenvalue weighted by molar-refractivity contribution is 5.93. The molecule has 128 valence electrons. The van der Waals surface area contributed by atoms with Gasteiger partial charge in [-0.25, -0.2) is 4.98 Å². The smallest absolute Gasteiger partial charge is 0.238 e. The monoisotopic (exact) mass is 327 g/mol. The number of hydrogen-bond donors (Lipinski definition) is 1. The van der Waals surface area contributed by atoms with Gasteiger partial charge >= 0.3 is 0 Å². The number of imidazole rings is 1. The maximum Gasteiger partial charge on any atom is 0.238 e. The third-order valence-corrected chi connectivity index (χ3v) is 4.47. The Kier molecular flexibility index (Phi) is 4.85. The maximum absolute atomic E-state index is 12.3. The third-order valence-electron chi connectivity index (χ3n) is 4.47. The molecule has 2 aromatic rings. The van der Waals surface area contributed by atoms with Crippen LogP contribution in [-0.2, 0) is 11.8 Å². The Hall–Kier alpha value is -2.34. The molecule has 6 heteroatoms. The molecule has 24 heavy (non-hydrogen) atoms. The minimum atomic E-state index is 0.0485. The molecular weight excluding hydrogens is 302 g/mol. The normalized spacial score (nSPS) is 15.5. The van der Waals surface area contributed by atoms with E-state index in [0.29, 0.717) is 6.54 Å². The number of nitrogens with one attached hydrogen (secondary N) is 1. The molecule has 0 radical (unpaired) electrons. The van der Waals surface area contributed by atoms with E-state index in [2.05, 4.69) is 33.1 Å². The molecule has 0 unspecified atom stereocenters. The first-order valence-electron chi connectivity index (χ1n) is 8.34. The van der Waals surface area contributed by atoms with Crippen molar-refractivity contribution in [1.29, 1.82) is 0 Å². The number of amides is 1. The van der Waals surface area contributed by atoms with Crippen molar-refractivity contribution in [2.75, 3.05) is 42.9 Å². The van der Waals surface area contributed by atoms with Gasteiger partial charge in [0.2, 0.25) is 11.9 Å². The number of rotatable bonds is 4. The molecule has 1 saturated heterocycles. The molecule has 1 aromatic heterocycles. The molecule has 0 spiro atoms. The molecule has 0 atom stereocenters. The number of piperazine rings is 1. The van der Waals surface area contributed by atoms with Crippen LogP contribution in [0.4, 0.5) is 11.6 Å². The highest BCUT2D eigenvalue weighted by Crippen LogP contribution is 2.16. The molecule has 0 bridgehead atoms. The van der Waals surface area contributed by atoms with E-state index in [1.54, 1.807) is 0 Å². The molecule has 3 rings (SSSR count). The summed E-state index contributed by atoms with van der Waals surface area (Å²) in [7, 11) is 2.01. The Morgan fingerprint density at radius 3 is 2.58 bits per heavy atom. The molecule has 1 fully saturated rings. The Morgan fingerprint density at radius 2 is 1.96 bits per heavy atom. The largest absolute Gasteiger partial charge is 0.340 e. The van der Waals surface area contributed by atoms with E-state index in [4.69, 9.17) is 0 Å². The molecule has 1 aliphatic rings. The Bertz CT molecular complexity index is 716. The van der Waals surface area contributed by atoms with Crippen LogP contribution >= 0.6 is 0 Å². The topological polar surface area (TPSA) is 53.4 Å². The van der Waals surface area contributed by atoms with Gasteiger partial charge in [0.05, 0.1) is 6.54 Å². The van der Waals surface area contributed by atoms with Crippen molar-refractivity contribution in [2.24, 2.45) is 7.05 Å². The second-order valence-electron chi connectivity index (χ2n) is 6.47. The first-order chi connectivity index (χ1) is 11.5. The van der Waals surface area contributed by atoms with E-state index in [0.717, 1.165) is 43.4 Å². The fraction of sp³-hybridized carbons (Fsp3) is 0.444. The highest BCUT2D eigenvalue weighted by Gasteiger charge is 2.21. The Labute approximate surface area is 143 Å². The van der Waals surface area contributed by atoms with Crippen molar-refractivity contribution in [3.63, 3.8) is 0 Å². The average Bonchev–Trinajstić information content (AvgIpc) is 2.97. The van der Waals surface area contributed by atoms with Crippen LogP contribution in [0.25, 0.3) is 0 Å². The number of benzene rings is 1. The van der Waals surface area contributed by atoms with Crippen molar-refractivity contribution in [3.8, 4) is 0 Å². The maximum atomic E-state index is 12.3. The van der Waals surface area contributed by atoms with E-state index in [-0.39, 0.29) is 5.91 Å². The number of nitrogens with zero attached hydrogens (tertiary/aromatic N) is 4. The van der Waals surface area contributed by atoms with E-state index >= 15 is 0 Å². The van der Waals surface area contributed by atoms with Crippen molar-refractivity contribution in [3.05, 3.63) is 41.7 Å². The van der Waals surface area contributed by atoms with Crippen LogP contribution in [0.5, 0.6) is 0 Å². The lowest BCUT2D eigenvalue weighted by Gasteiger charge is -2.34. The molecule has 1 N–H and O–H groups in total. The second-order valence-corrected chi connectivity index (χ2v) is 6.47. The van der Waals surface area contributed by atoms with Gasteiger partial charge in [0.25, 0.3) is 0 Å². The summed E-state index contributed by atoms with van der Waals surface area (Å²) in [5.74, 6) is 1.04. The van der Waals surface area contributed by atoms with Crippen molar-refractivity contribution < 1.29 is 4.79 Å². The number of carbonyl (C=O) groups is 1. The summed E-state index contributed by atoms with van der Waals surface area (Å²) < 4.78 is 2.03. The van der Waals surface area contributed by atoms with Gasteiger partial charge in [-0.1, -0.05) is 17.7 Å². The standard InChI is InChI=1S/C18H25N5O/c1-14-4-5-16(15(2)12-14)20-17(24)13-22-8-10-23(11-9-22)18-19-6-7-21(18)3/h4-7,12H,8-11,13H2,1-3H3,(H,20,24). The number of hydrogen-bond acceptors (Lipinski definition) is 4. The van der Waals surface area contributed by atoms with Crippen LogP contribution < -0.4 is 10.2 Å². The van der Waals surface area contributed by atoms with Crippen LogP contribution in [0, 0.1) is 13.8 Å². The molecule has 1 aliphatic heterocycles. The van der Waals surface area contributed by atoms with Gasteiger partial charge in [-0.05, 0) is 25.5 Å². The van der Waals surface area contributed by atoms with Crippen LogP contribution in [0.2, 0.25) is 0 Å². The minimum Gasteiger partial charge on any atom is -0.340 e. The predicted molar refractivity (Wildman–Crippen MR) is 96.4 cm³/mol. The first kappa shape index (κ1) is 16.5. The third kappa shape index (κ3) is 3.76. The summed E-state index contributed by atoms with van der Waals surface area (Å²) in [6, 6.07) is 6.08. The lowest BCUT2D eigenvalue weighted by molar-refractivity contribution is -0.117. The zero-order valence-electron chi connectivity index (χ0n) is 14.6. The summed E-state index contributed by atoms with van der Waals surface area (Å²) in [6.07, 6.45) is 3.78. The fourth-order valence-electron chi connectivity index (χ4n) is 3.12. The highest BCUT2D eigenvalue weighted by atomic mass is 16.2. The van der Waals surface area contributed by atoms with Gasteiger partial charge in [0.1, 0.15) is 0 Å². The zero-order valence-corrected chi connectivity index (χ0v) is 14.6. The van der Waals surface area contributed by atoms with Gasteiger partial charge in [-0.15, -0.1) is 0 Å². The molecule has 1 amide bonds. The van der Waals surface area contributed by atoms with Gasteiger partial charge < -0.3 is 14.8 Å². The average molecular weight is 327 g/mol. The van der Waals surface area contributed by atoms with E-state index in [1.807, 2.05) is 43.1 Å². The SMILES string of the molecule is Cc1ccc(NC(=O)CN2CCN(c3nccn3C)CC2)c(C)c1. The van der Waals surface area contributed by atoms with E-state index in [9.17, 15) is 4.79 Å². The van der Waals surface area contributed by atoms with Gasteiger partial charge in [-0.3, -0.25) is 9.69 Å². The molecule has 0 aliphatic carbocycles. The quantitative estimate of drug-likeness (QED) is 0.930.